The van der Waals surface area contributed by atoms with Gasteiger partial charge in [-0.25, -0.2) is 13.4 Å². The highest BCUT2D eigenvalue weighted by Gasteiger charge is 2.20. The number of H-pyrrole nitrogens is 1. The first-order valence-electron chi connectivity index (χ1n) is 8.19. The molecule has 1 aromatic heterocycles. The summed E-state index contributed by atoms with van der Waals surface area (Å²) in [7, 11) is -3.58. The molecule has 0 unspecified atom stereocenters. The van der Waals surface area contributed by atoms with E-state index in [1.54, 1.807) is 42.5 Å². The van der Waals surface area contributed by atoms with Crippen LogP contribution < -0.4 is 4.72 Å². The molecule has 2 aromatic carbocycles. The fourth-order valence-corrected chi connectivity index (χ4v) is 4.37. The van der Waals surface area contributed by atoms with Crippen LogP contribution in [0.15, 0.2) is 53.4 Å². The third-order valence-corrected chi connectivity index (χ3v) is 5.94. The lowest BCUT2D eigenvalue weighted by atomic mass is 10.1. The van der Waals surface area contributed by atoms with Crippen molar-refractivity contribution in [3.05, 3.63) is 54.4 Å². The zero-order chi connectivity index (χ0) is 16.6. The largest absolute Gasteiger partial charge is 0.342 e. The Morgan fingerprint density at radius 1 is 1.04 bits per heavy atom. The smallest absolute Gasteiger partial charge is 0.261 e. The Kier molecular flexibility index (Phi) is 3.76. The lowest BCUT2D eigenvalue weighted by Crippen LogP contribution is -2.12. The summed E-state index contributed by atoms with van der Waals surface area (Å²) in [6, 6.07) is 13.8. The van der Waals surface area contributed by atoms with Gasteiger partial charge in [0.2, 0.25) is 0 Å². The summed E-state index contributed by atoms with van der Waals surface area (Å²) >= 11 is 0. The van der Waals surface area contributed by atoms with Gasteiger partial charge in [0.25, 0.3) is 10.0 Å². The van der Waals surface area contributed by atoms with E-state index in [2.05, 4.69) is 14.7 Å². The summed E-state index contributed by atoms with van der Waals surface area (Å²) in [6.45, 7) is 0. The van der Waals surface area contributed by atoms with Gasteiger partial charge in [-0.3, -0.25) is 4.72 Å². The van der Waals surface area contributed by atoms with Crippen molar-refractivity contribution in [1.29, 1.82) is 0 Å². The molecule has 1 heterocycles. The molecule has 1 aliphatic rings. The molecule has 1 fully saturated rings. The van der Waals surface area contributed by atoms with E-state index >= 15 is 0 Å². The second-order valence-corrected chi connectivity index (χ2v) is 7.94. The number of rotatable bonds is 4. The van der Waals surface area contributed by atoms with Crippen molar-refractivity contribution in [2.75, 3.05) is 4.72 Å². The summed E-state index contributed by atoms with van der Waals surface area (Å²) in [5.41, 5.74) is 2.28. The number of benzene rings is 2. The van der Waals surface area contributed by atoms with Crippen molar-refractivity contribution in [3.8, 4) is 0 Å². The van der Waals surface area contributed by atoms with Crippen LogP contribution in [0, 0.1) is 0 Å². The van der Waals surface area contributed by atoms with Gasteiger partial charge < -0.3 is 4.98 Å². The van der Waals surface area contributed by atoms with Crippen LogP contribution in [-0.4, -0.2) is 18.4 Å². The van der Waals surface area contributed by atoms with Crippen molar-refractivity contribution in [2.24, 2.45) is 0 Å². The highest BCUT2D eigenvalue weighted by atomic mass is 32.2. The fourth-order valence-electron chi connectivity index (χ4n) is 3.30. The molecule has 1 aliphatic carbocycles. The molecular formula is C18H19N3O2S. The maximum Gasteiger partial charge on any atom is 0.261 e. The Hall–Kier alpha value is -2.34. The molecule has 0 bridgehead atoms. The second-order valence-electron chi connectivity index (χ2n) is 6.25. The van der Waals surface area contributed by atoms with Crippen molar-refractivity contribution in [2.45, 2.75) is 36.5 Å². The van der Waals surface area contributed by atoms with Crippen molar-refractivity contribution >= 4 is 26.7 Å². The minimum atomic E-state index is -3.58. The van der Waals surface area contributed by atoms with Gasteiger partial charge in [-0.1, -0.05) is 31.0 Å². The molecule has 0 radical (unpaired) electrons. The van der Waals surface area contributed by atoms with Crippen LogP contribution >= 0.6 is 0 Å². The van der Waals surface area contributed by atoms with E-state index in [0.717, 1.165) is 16.9 Å². The molecule has 6 heteroatoms. The molecule has 0 saturated heterocycles. The number of aromatic amines is 1. The predicted molar refractivity (Wildman–Crippen MR) is 94.6 cm³/mol. The standard InChI is InChI=1S/C18H19N3O2S/c22-24(23,15-8-2-1-3-9-15)21-14-10-11-16-17(12-14)20-18(19-16)13-6-4-5-7-13/h1-3,8-13,21H,4-7H2,(H,19,20). The molecule has 3 aromatic rings. The fraction of sp³-hybridized carbons (Fsp3) is 0.278. The quantitative estimate of drug-likeness (QED) is 0.752. The monoisotopic (exact) mass is 341 g/mol. The Morgan fingerprint density at radius 2 is 1.79 bits per heavy atom. The molecule has 2 N–H and O–H groups in total. The zero-order valence-electron chi connectivity index (χ0n) is 13.2. The highest BCUT2D eigenvalue weighted by molar-refractivity contribution is 7.92. The van der Waals surface area contributed by atoms with Gasteiger partial charge in [0.15, 0.2) is 0 Å². The number of nitrogens with one attached hydrogen (secondary N) is 2. The molecule has 0 amide bonds. The Morgan fingerprint density at radius 3 is 2.54 bits per heavy atom. The number of nitrogens with zero attached hydrogens (tertiary/aromatic N) is 1. The highest BCUT2D eigenvalue weighted by Crippen LogP contribution is 2.33. The van der Waals surface area contributed by atoms with Crippen LogP contribution in [-0.2, 0) is 10.0 Å². The molecule has 24 heavy (non-hydrogen) atoms. The molecule has 0 aliphatic heterocycles. The lowest BCUT2D eigenvalue weighted by Gasteiger charge is -2.07. The topological polar surface area (TPSA) is 74.8 Å². The SMILES string of the molecule is O=S(=O)(Nc1ccc2nc(C3CCCC3)[nH]c2c1)c1ccccc1. The van der Waals surface area contributed by atoms with Gasteiger partial charge in [0, 0.05) is 5.92 Å². The van der Waals surface area contributed by atoms with Crippen LogP contribution in [0.2, 0.25) is 0 Å². The van der Waals surface area contributed by atoms with Crippen molar-refractivity contribution in [3.63, 3.8) is 0 Å². The zero-order valence-corrected chi connectivity index (χ0v) is 14.0. The number of imidazole rings is 1. The van der Waals surface area contributed by atoms with Crippen LogP contribution in [0.3, 0.4) is 0 Å². The molecule has 1 saturated carbocycles. The first-order chi connectivity index (χ1) is 11.6. The summed E-state index contributed by atoms with van der Waals surface area (Å²) in [4.78, 5) is 8.27. The normalized spacial score (nSPS) is 15.8. The van der Waals surface area contributed by atoms with E-state index in [0.29, 0.717) is 11.6 Å². The van der Waals surface area contributed by atoms with Gasteiger partial charge in [-0.05, 0) is 43.2 Å². The first kappa shape index (κ1) is 15.2. The maximum absolute atomic E-state index is 12.4. The average molecular weight is 341 g/mol. The summed E-state index contributed by atoms with van der Waals surface area (Å²) in [5.74, 6) is 1.52. The maximum atomic E-state index is 12.4. The van der Waals surface area contributed by atoms with Crippen LogP contribution in [0.1, 0.15) is 37.4 Å². The van der Waals surface area contributed by atoms with Gasteiger partial charge in [-0.2, -0.15) is 0 Å². The van der Waals surface area contributed by atoms with E-state index in [1.807, 2.05) is 6.07 Å². The predicted octanol–water partition coefficient (Wildman–Crippen LogP) is 4.02. The third-order valence-electron chi connectivity index (χ3n) is 4.55. The number of fused-ring (bicyclic) bond motifs is 1. The minimum absolute atomic E-state index is 0.251. The Bertz CT molecular complexity index is 958. The molecule has 4 rings (SSSR count). The van der Waals surface area contributed by atoms with Gasteiger partial charge >= 0.3 is 0 Å². The third kappa shape index (κ3) is 2.89. The number of anilines is 1. The number of hydrogen-bond donors (Lipinski definition) is 2. The Labute approximate surface area is 141 Å². The second kappa shape index (κ2) is 5.94. The summed E-state index contributed by atoms with van der Waals surface area (Å²) in [6.07, 6.45) is 4.86. The van der Waals surface area contributed by atoms with E-state index in [1.165, 1.54) is 25.7 Å². The van der Waals surface area contributed by atoms with E-state index < -0.39 is 10.0 Å². The van der Waals surface area contributed by atoms with Crippen LogP contribution in [0.25, 0.3) is 11.0 Å². The van der Waals surface area contributed by atoms with Crippen molar-refractivity contribution in [1.82, 2.24) is 9.97 Å². The molecule has 124 valence electrons. The van der Waals surface area contributed by atoms with E-state index in [4.69, 9.17) is 0 Å². The lowest BCUT2D eigenvalue weighted by molar-refractivity contribution is 0.601. The van der Waals surface area contributed by atoms with Crippen LogP contribution in [0.4, 0.5) is 5.69 Å². The first-order valence-corrected chi connectivity index (χ1v) is 9.68. The molecule has 5 nitrogen and oxygen atoms in total. The molecule has 0 atom stereocenters. The number of hydrogen-bond acceptors (Lipinski definition) is 3. The van der Waals surface area contributed by atoms with Crippen molar-refractivity contribution < 1.29 is 8.42 Å². The van der Waals surface area contributed by atoms with Crippen LogP contribution in [0.5, 0.6) is 0 Å². The van der Waals surface area contributed by atoms with E-state index in [-0.39, 0.29) is 4.90 Å². The summed E-state index contributed by atoms with van der Waals surface area (Å²) in [5, 5.41) is 0. The molecular weight excluding hydrogens is 322 g/mol. The van der Waals surface area contributed by atoms with Gasteiger partial charge in [0.1, 0.15) is 5.82 Å². The number of sulfonamides is 1. The Balaban J connectivity index is 1.63. The average Bonchev–Trinajstić information content (AvgIpc) is 3.24. The van der Waals surface area contributed by atoms with E-state index in [9.17, 15) is 8.42 Å². The van der Waals surface area contributed by atoms with Gasteiger partial charge in [0.05, 0.1) is 21.6 Å². The molecule has 0 spiro atoms. The van der Waals surface area contributed by atoms with Gasteiger partial charge in [-0.15, -0.1) is 0 Å². The summed E-state index contributed by atoms with van der Waals surface area (Å²) < 4.78 is 27.5. The minimum Gasteiger partial charge on any atom is -0.342 e. The number of aromatic nitrogens is 2.